The highest BCUT2D eigenvalue weighted by Gasteiger charge is 2.29. The molecule has 1 rings (SSSR count). The van der Waals surface area contributed by atoms with E-state index in [2.05, 4.69) is 6.92 Å². The molecule has 1 aliphatic carbocycles. The van der Waals surface area contributed by atoms with Crippen molar-refractivity contribution in [2.45, 2.75) is 58.3 Å². The van der Waals surface area contributed by atoms with Crippen LogP contribution < -0.4 is 0 Å². The van der Waals surface area contributed by atoms with Gasteiger partial charge in [0, 0.05) is 19.0 Å². The zero-order valence-electron chi connectivity index (χ0n) is 13.1. The summed E-state index contributed by atoms with van der Waals surface area (Å²) in [6, 6.07) is 0. The number of hydrogen-bond donors (Lipinski definition) is 2. The third-order valence-electron chi connectivity index (χ3n) is 4.44. The van der Waals surface area contributed by atoms with Crippen molar-refractivity contribution in [1.29, 1.82) is 0 Å². The van der Waals surface area contributed by atoms with Gasteiger partial charge in [-0.15, -0.1) is 0 Å². The van der Waals surface area contributed by atoms with Gasteiger partial charge in [-0.05, 0) is 31.6 Å². The van der Waals surface area contributed by atoms with Crippen molar-refractivity contribution in [3.63, 3.8) is 0 Å². The maximum atomic E-state index is 12.4. The third-order valence-corrected chi connectivity index (χ3v) is 4.44. The number of aliphatic hydroxyl groups excluding tert-OH is 1. The number of rotatable bonds is 9. The SMILES string of the molecule is CCCCC1CCC(C(=O)N(CCO)CCC(=O)O)CC1. The van der Waals surface area contributed by atoms with E-state index in [0.717, 1.165) is 31.6 Å². The summed E-state index contributed by atoms with van der Waals surface area (Å²) in [5.74, 6) is -0.115. The van der Waals surface area contributed by atoms with E-state index in [1.54, 1.807) is 0 Å². The summed E-state index contributed by atoms with van der Waals surface area (Å²) in [6.07, 6.45) is 7.69. The average Bonchev–Trinajstić information content (AvgIpc) is 2.49. The fourth-order valence-corrected chi connectivity index (χ4v) is 3.13. The minimum absolute atomic E-state index is 0.0169. The maximum Gasteiger partial charge on any atom is 0.305 e. The molecule has 0 aromatic heterocycles. The van der Waals surface area contributed by atoms with Crippen LogP contribution in [-0.2, 0) is 9.59 Å². The van der Waals surface area contributed by atoms with Crippen LogP contribution in [0.15, 0.2) is 0 Å². The summed E-state index contributed by atoms with van der Waals surface area (Å²) in [6.45, 7) is 2.52. The van der Waals surface area contributed by atoms with Crippen LogP contribution >= 0.6 is 0 Å². The van der Waals surface area contributed by atoms with Crippen molar-refractivity contribution in [3.05, 3.63) is 0 Å². The zero-order chi connectivity index (χ0) is 15.7. The lowest BCUT2D eigenvalue weighted by Crippen LogP contribution is -2.40. The topological polar surface area (TPSA) is 77.8 Å². The predicted octanol–water partition coefficient (Wildman–Crippen LogP) is 2.28. The van der Waals surface area contributed by atoms with Gasteiger partial charge in [-0.1, -0.05) is 26.2 Å². The highest BCUT2D eigenvalue weighted by Crippen LogP contribution is 2.32. The summed E-state index contributed by atoms with van der Waals surface area (Å²) in [5.41, 5.74) is 0. The van der Waals surface area contributed by atoms with Crippen LogP contribution in [0.3, 0.4) is 0 Å². The summed E-state index contributed by atoms with van der Waals surface area (Å²) in [4.78, 5) is 24.6. The van der Waals surface area contributed by atoms with Gasteiger partial charge in [0.1, 0.15) is 0 Å². The van der Waals surface area contributed by atoms with Crippen molar-refractivity contribution in [3.8, 4) is 0 Å². The molecule has 5 heteroatoms. The number of aliphatic hydroxyl groups is 1. The number of carboxylic acid groups (broad SMARTS) is 1. The van der Waals surface area contributed by atoms with Gasteiger partial charge >= 0.3 is 5.97 Å². The highest BCUT2D eigenvalue weighted by atomic mass is 16.4. The van der Waals surface area contributed by atoms with Crippen LogP contribution in [0.25, 0.3) is 0 Å². The summed E-state index contributed by atoms with van der Waals surface area (Å²) in [7, 11) is 0. The Labute approximate surface area is 127 Å². The fraction of sp³-hybridized carbons (Fsp3) is 0.875. The smallest absolute Gasteiger partial charge is 0.305 e. The molecule has 0 radical (unpaired) electrons. The molecule has 0 heterocycles. The van der Waals surface area contributed by atoms with E-state index in [1.807, 2.05) is 0 Å². The molecule has 1 aliphatic rings. The Morgan fingerprint density at radius 3 is 2.33 bits per heavy atom. The van der Waals surface area contributed by atoms with Crippen LogP contribution in [-0.4, -0.2) is 46.7 Å². The number of carbonyl (C=O) groups excluding carboxylic acids is 1. The highest BCUT2D eigenvalue weighted by molar-refractivity contribution is 5.79. The number of nitrogens with zero attached hydrogens (tertiary/aromatic N) is 1. The Kier molecular flexibility index (Phi) is 8.35. The van der Waals surface area contributed by atoms with Crippen LogP contribution in [0.2, 0.25) is 0 Å². The molecule has 1 fully saturated rings. The molecule has 0 aliphatic heterocycles. The zero-order valence-corrected chi connectivity index (χ0v) is 13.1. The van der Waals surface area contributed by atoms with E-state index < -0.39 is 5.97 Å². The van der Waals surface area contributed by atoms with E-state index in [4.69, 9.17) is 10.2 Å². The molecule has 0 aromatic carbocycles. The molecule has 5 nitrogen and oxygen atoms in total. The van der Waals surface area contributed by atoms with E-state index in [9.17, 15) is 9.59 Å². The van der Waals surface area contributed by atoms with E-state index in [1.165, 1.54) is 24.2 Å². The molecule has 1 saturated carbocycles. The van der Waals surface area contributed by atoms with E-state index in [-0.39, 0.29) is 37.9 Å². The first kappa shape index (κ1) is 18.0. The first-order chi connectivity index (χ1) is 10.1. The van der Waals surface area contributed by atoms with Crippen LogP contribution in [0.1, 0.15) is 58.3 Å². The molecule has 0 unspecified atom stereocenters. The number of carboxylic acids is 1. The van der Waals surface area contributed by atoms with E-state index >= 15 is 0 Å². The Morgan fingerprint density at radius 2 is 1.81 bits per heavy atom. The number of unbranched alkanes of at least 4 members (excludes halogenated alkanes) is 1. The molecule has 0 atom stereocenters. The molecule has 122 valence electrons. The summed E-state index contributed by atoms with van der Waals surface area (Å²) in [5, 5.41) is 17.8. The summed E-state index contributed by atoms with van der Waals surface area (Å²) >= 11 is 0. The lowest BCUT2D eigenvalue weighted by atomic mass is 9.79. The molecular formula is C16H29NO4. The quantitative estimate of drug-likeness (QED) is 0.684. The Morgan fingerprint density at radius 1 is 1.14 bits per heavy atom. The second-order valence-electron chi connectivity index (χ2n) is 6.05. The van der Waals surface area contributed by atoms with Gasteiger partial charge in [-0.25, -0.2) is 0 Å². The molecule has 1 amide bonds. The van der Waals surface area contributed by atoms with Crippen molar-refractivity contribution in [2.75, 3.05) is 19.7 Å². The van der Waals surface area contributed by atoms with Crippen LogP contribution in [0.5, 0.6) is 0 Å². The Balaban J connectivity index is 2.43. The molecule has 0 bridgehead atoms. The number of amides is 1. The first-order valence-electron chi connectivity index (χ1n) is 8.19. The average molecular weight is 299 g/mol. The third kappa shape index (κ3) is 6.46. The minimum Gasteiger partial charge on any atom is -0.481 e. The van der Waals surface area contributed by atoms with Crippen LogP contribution in [0, 0.1) is 11.8 Å². The van der Waals surface area contributed by atoms with E-state index in [0.29, 0.717) is 0 Å². The largest absolute Gasteiger partial charge is 0.481 e. The standard InChI is InChI=1S/C16H29NO4/c1-2-3-4-13-5-7-14(8-6-13)16(21)17(11-12-18)10-9-15(19)20/h13-14,18H,2-12H2,1H3,(H,19,20). The summed E-state index contributed by atoms with van der Waals surface area (Å²) < 4.78 is 0. The van der Waals surface area contributed by atoms with Gasteiger partial charge in [0.25, 0.3) is 0 Å². The van der Waals surface area contributed by atoms with Gasteiger partial charge < -0.3 is 15.1 Å². The molecular weight excluding hydrogens is 270 g/mol. The van der Waals surface area contributed by atoms with Gasteiger partial charge in [-0.2, -0.15) is 0 Å². The van der Waals surface area contributed by atoms with Crippen molar-refractivity contribution in [1.82, 2.24) is 4.90 Å². The molecule has 2 N–H and O–H groups in total. The number of aliphatic carboxylic acids is 1. The molecule has 0 spiro atoms. The fourth-order valence-electron chi connectivity index (χ4n) is 3.13. The number of hydrogen-bond acceptors (Lipinski definition) is 3. The first-order valence-corrected chi connectivity index (χ1v) is 8.19. The normalized spacial score (nSPS) is 22.0. The monoisotopic (exact) mass is 299 g/mol. The second kappa shape index (κ2) is 9.77. The van der Waals surface area contributed by atoms with Crippen molar-refractivity contribution >= 4 is 11.9 Å². The van der Waals surface area contributed by atoms with Gasteiger partial charge in [-0.3, -0.25) is 9.59 Å². The van der Waals surface area contributed by atoms with Gasteiger partial charge in [0.05, 0.1) is 13.0 Å². The van der Waals surface area contributed by atoms with Crippen LogP contribution in [0.4, 0.5) is 0 Å². The van der Waals surface area contributed by atoms with Gasteiger partial charge in [0.2, 0.25) is 5.91 Å². The molecule has 21 heavy (non-hydrogen) atoms. The van der Waals surface area contributed by atoms with Gasteiger partial charge in [0.15, 0.2) is 0 Å². The van der Waals surface area contributed by atoms with Crippen molar-refractivity contribution in [2.24, 2.45) is 11.8 Å². The Hall–Kier alpha value is -1.10. The second-order valence-corrected chi connectivity index (χ2v) is 6.05. The molecule has 0 aromatic rings. The predicted molar refractivity (Wildman–Crippen MR) is 80.9 cm³/mol. The maximum absolute atomic E-state index is 12.4. The molecule has 0 saturated heterocycles. The Bertz CT molecular complexity index is 324. The lowest BCUT2D eigenvalue weighted by molar-refractivity contribution is -0.140. The number of carbonyl (C=O) groups is 2. The van der Waals surface area contributed by atoms with Crippen molar-refractivity contribution < 1.29 is 19.8 Å². The lowest BCUT2D eigenvalue weighted by Gasteiger charge is -2.32. The minimum atomic E-state index is -0.908.